The van der Waals surface area contributed by atoms with Crippen LogP contribution in [0.4, 0.5) is 16.2 Å². The number of rotatable bonds is 3. The first kappa shape index (κ1) is 13.9. The molecule has 2 unspecified atom stereocenters. The Kier molecular flexibility index (Phi) is 3.79. The summed E-state index contributed by atoms with van der Waals surface area (Å²) >= 11 is 0. The molecule has 2 aliphatic rings. The van der Waals surface area contributed by atoms with Gasteiger partial charge in [0, 0.05) is 30.5 Å². The number of anilines is 2. The van der Waals surface area contributed by atoms with Gasteiger partial charge >= 0.3 is 6.03 Å². The van der Waals surface area contributed by atoms with Crippen molar-refractivity contribution in [2.45, 2.75) is 25.3 Å². The fourth-order valence-corrected chi connectivity index (χ4v) is 2.99. The molecule has 1 aliphatic carbocycles. The summed E-state index contributed by atoms with van der Waals surface area (Å²) in [5, 5.41) is 5.67. The minimum atomic E-state index is -0.0889. The lowest BCUT2D eigenvalue weighted by molar-refractivity contribution is -0.120. The number of nitrogens with two attached hydrogens (primary N) is 1. The van der Waals surface area contributed by atoms with Crippen LogP contribution in [0.2, 0.25) is 0 Å². The summed E-state index contributed by atoms with van der Waals surface area (Å²) in [4.78, 5) is 25.4. The normalized spacial score (nSPS) is 25.0. The minimum Gasteiger partial charge on any atom is -0.336 e. The molecule has 2 fully saturated rings. The van der Waals surface area contributed by atoms with Crippen LogP contribution in [0, 0.1) is 5.92 Å². The fraction of sp³-hybridized carbons (Fsp3) is 0.467. The molecule has 2 atom stereocenters. The standard InChI is InChI=1S/C15H20N4O2/c16-13-3-1-2-12(13)14(20)18-10-4-6-11(7-5-10)19-9-8-17-15(19)21/h4-7,12-13H,1-3,8-9,16H2,(H,17,21)(H,18,20). The summed E-state index contributed by atoms with van der Waals surface area (Å²) in [5.41, 5.74) is 7.52. The average Bonchev–Trinajstić information content (AvgIpc) is 3.08. The van der Waals surface area contributed by atoms with Gasteiger partial charge in [-0.1, -0.05) is 6.42 Å². The Morgan fingerprint density at radius 1 is 1.29 bits per heavy atom. The number of hydrogen-bond acceptors (Lipinski definition) is 3. The SMILES string of the molecule is NC1CCCC1C(=O)Nc1ccc(N2CCNC2=O)cc1. The van der Waals surface area contributed by atoms with E-state index >= 15 is 0 Å². The van der Waals surface area contributed by atoms with Gasteiger partial charge in [-0.25, -0.2) is 4.79 Å². The van der Waals surface area contributed by atoms with Gasteiger partial charge in [0.05, 0.1) is 5.92 Å². The molecule has 0 radical (unpaired) electrons. The van der Waals surface area contributed by atoms with E-state index in [1.807, 2.05) is 24.3 Å². The molecule has 1 saturated carbocycles. The summed E-state index contributed by atoms with van der Waals surface area (Å²) < 4.78 is 0. The van der Waals surface area contributed by atoms with E-state index in [2.05, 4.69) is 10.6 Å². The average molecular weight is 288 g/mol. The zero-order valence-corrected chi connectivity index (χ0v) is 11.8. The number of hydrogen-bond donors (Lipinski definition) is 3. The van der Waals surface area contributed by atoms with Gasteiger partial charge in [0.2, 0.25) is 5.91 Å². The number of benzene rings is 1. The highest BCUT2D eigenvalue weighted by molar-refractivity contribution is 5.95. The van der Waals surface area contributed by atoms with Crippen molar-refractivity contribution < 1.29 is 9.59 Å². The van der Waals surface area contributed by atoms with Crippen molar-refractivity contribution in [2.75, 3.05) is 23.3 Å². The molecular formula is C15H20N4O2. The molecule has 1 heterocycles. The third-order valence-corrected chi connectivity index (χ3v) is 4.21. The number of urea groups is 1. The predicted molar refractivity (Wildman–Crippen MR) is 81.1 cm³/mol. The molecular weight excluding hydrogens is 268 g/mol. The van der Waals surface area contributed by atoms with Crippen LogP contribution in [0.3, 0.4) is 0 Å². The Morgan fingerprint density at radius 3 is 2.62 bits per heavy atom. The number of nitrogens with zero attached hydrogens (tertiary/aromatic N) is 1. The van der Waals surface area contributed by atoms with Crippen LogP contribution >= 0.6 is 0 Å². The molecule has 1 aliphatic heterocycles. The van der Waals surface area contributed by atoms with Gasteiger partial charge in [-0.15, -0.1) is 0 Å². The molecule has 1 aromatic carbocycles. The van der Waals surface area contributed by atoms with Crippen molar-refractivity contribution in [1.82, 2.24) is 5.32 Å². The summed E-state index contributed by atoms with van der Waals surface area (Å²) in [7, 11) is 0. The Hall–Kier alpha value is -2.08. The van der Waals surface area contributed by atoms with Crippen molar-refractivity contribution >= 4 is 23.3 Å². The number of carbonyl (C=O) groups is 2. The first-order valence-electron chi connectivity index (χ1n) is 7.37. The zero-order chi connectivity index (χ0) is 14.8. The van der Waals surface area contributed by atoms with Gasteiger partial charge in [0.25, 0.3) is 0 Å². The molecule has 21 heavy (non-hydrogen) atoms. The van der Waals surface area contributed by atoms with Crippen molar-refractivity contribution in [3.63, 3.8) is 0 Å². The topological polar surface area (TPSA) is 87.5 Å². The van der Waals surface area contributed by atoms with Crippen molar-refractivity contribution in [2.24, 2.45) is 11.7 Å². The molecule has 1 aromatic rings. The van der Waals surface area contributed by atoms with Crippen molar-refractivity contribution in [3.05, 3.63) is 24.3 Å². The second-order valence-electron chi connectivity index (χ2n) is 5.62. The van der Waals surface area contributed by atoms with E-state index in [-0.39, 0.29) is 23.9 Å². The third-order valence-electron chi connectivity index (χ3n) is 4.21. The van der Waals surface area contributed by atoms with E-state index in [4.69, 9.17) is 5.73 Å². The minimum absolute atomic E-state index is 0.00772. The van der Waals surface area contributed by atoms with Crippen molar-refractivity contribution in [1.29, 1.82) is 0 Å². The first-order chi connectivity index (χ1) is 10.1. The summed E-state index contributed by atoms with van der Waals surface area (Å²) in [6.45, 7) is 1.33. The Bertz CT molecular complexity index is 543. The van der Waals surface area contributed by atoms with Crippen molar-refractivity contribution in [3.8, 4) is 0 Å². The largest absolute Gasteiger partial charge is 0.336 e. The molecule has 0 bridgehead atoms. The summed E-state index contributed by atoms with van der Waals surface area (Å²) in [5.74, 6) is -0.0966. The van der Waals surface area contributed by atoms with E-state index < -0.39 is 0 Å². The van der Waals surface area contributed by atoms with Gasteiger partial charge in [-0.3, -0.25) is 9.69 Å². The Labute approximate surface area is 123 Å². The predicted octanol–water partition coefficient (Wildman–Crippen LogP) is 1.28. The second-order valence-corrected chi connectivity index (χ2v) is 5.62. The fourth-order valence-electron chi connectivity index (χ4n) is 2.99. The van der Waals surface area contributed by atoms with Gasteiger partial charge in [-0.05, 0) is 37.1 Å². The summed E-state index contributed by atoms with van der Waals surface area (Å²) in [6, 6.07) is 7.21. The van der Waals surface area contributed by atoms with E-state index in [9.17, 15) is 9.59 Å². The molecule has 1 saturated heterocycles. The van der Waals surface area contributed by atoms with E-state index in [1.165, 1.54) is 0 Å². The van der Waals surface area contributed by atoms with Crippen LogP contribution in [-0.2, 0) is 4.79 Å². The van der Waals surface area contributed by atoms with E-state index in [0.29, 0.717) is 13.1 Å². The lowest BCUT2D eigenvalue weighted by Crippen LogP contribution is -2.34. The van der Waals surface area contributed by atoms with Crippen LogP contribution in [0.25, 0.3) is 0 Å². The summed E-state index contributed by atoms with van der Waals surface area (Å²) in [6.07, 6.45) is 2.79. The maximum atomic E-state index is 12.2. The highest BCUT2D eigenvalue weighted by atomic mass is 16.2. The quantitative estimate of drug-likeness (QED) is 0.783. The number of nitrogens with one attached hydrogen (secondary N) is 2. The number of amides is 3. The Morgan fingerprint density at radius 2 is 2.05 bits per heavy atom. The van der Waals surface area contributed by atoms with Crippen LogP contribution in [-0.4, -0.2) is 31.1 Å². The van der Waals surface area contributed by atoms with Gasteiger partial charge in [-0.2, -0.15) is 0 Å². The molecule has 6 heteroatoms. The number of carbonyl (C=O) groups excluding carboxylic acids is 2. The zero-order valence-electron chi connectivity index (χ0n) is 11.8. The van der Waals surface area contributed by atoms with Gasteiger partial charge in [0.15, 0.2) is 0 Å². The molecule has 0 spiro atoms. The van der Waals surface area contributed by atoms with Gasteiger partial charge < -0.3 is 16.4 Å². The van der Waals surface area contributed by atoms with Crippen LogP contribution in [0.15, 0.2) is 24.3 Å². The molecule has 6 nitrogen and oxygen atoms in total. The lowest BCUT2D eigenvalue weighted by Gasteiger charge is -2.17. The van der Waals surface area contributed by atoms with Crippen LogP contribution < -0.4 is 21.3 Å². The van der Waals surface area contributed by atoms with E-state index in [0.717, 1.165) is 30.6 Å². The lowest BCUT2D eigenvalue weighted by atomic mass is 10.0. The monoisotopic (exact) mass is 288 g/mol. The maximum absolute atomic E-state index is 12.2. The molecule has 4 N–H and O–H groups in total. The molecule has 0 aromatic heterocycles. The maximum Gasteiger partial charge on any atom is 0.321 e. The third kappa shape index (κ3) is 2.85. The van der Waals surface area contributed by atoms with E-state index in [1.54, 1.807) is 4.90 Å². The van der Waals surface area contributed by atoms with Crippen LogP contribution in [0.5, 0.6) is 0 Å². The highest BCUT2D eigenvalue weighted by Gasteiger charge is 2.30. The molecule has 112 valence electrons. The second kappa shape index (κ2) is 5.73. The first-order valence-corrected chi connectivity index (χ1v) is 7.37. The van der Waals surface area contributed by atoms with Crippen LogP contribution in [0.1, 0.15) is 19.3 Å². The Balaban J connectivity index is 1.64. The van der Waals surface area contributed by atoms with Gasteiger partial charge in [0.1, 0.15) is 0 Å². The smallest absolute Gasteiger partial charge is 0.321 e. The molecule has 3 amide bonds. The molecule has 3 rings (SSSR count). The highest BCUT2D eigenvalue weighted by Crippen LogP contribution is 2.26.